The van der Waals surface area contributed by atoms with Crippen molar-refractivity contribution in [3.8, 4) is 0 Å². The van der Waals surface area contributed by atoms with E-state index in [9.17, 15) is 0 Å². The number of anilines is 1. The predicted octanol–water partition coefficient (Wildman–Crippen LogP) is 2.44. The molecule has 0 amide bonds. The van der Waals surface area contributed by atoms with Gasteiger partial charge in [0.2, 0.25) is 0 Å². The van der Waals surface area contributed by atoms with Crippen molar-refractivity contribution in [1.29, 1.82) is 0 Å². The summed E-state index contributed by atoms with van der Waals surface area (Å²) in [5.74, 6) is 0.470. The Morgan fingerprint density at radius 2 is 2.11 bits per heavy atom. The van der Waals surface area contributed by atoms with Crippen LogP contribution in [-0.4, -0.2) is 40.4 Å². The molecule has 2 heterocycles. The highest BCUT2D eigenvalue weighted by atomic mass is 15.3. The maximum atomic E-state index is 4.55. The Kier molecular flexibility index (Phi) is 3.95. The molecule has 2 atom stereocenters. The zero-order chi connectivity index (χ0) is 13.3. The number of piperidine rings is 1. The van der Waals surface area contributed by atoms with Crippen molar-refractivity contribution in [3.63, 3.8) is 0 Å². The van der Waals surface area contributed by atoms with Crippen molar-refractivity contribution < 1.29 is 0 Å². The smallest absolute Gasteiger partial charge is 0.0881 e. The van der Waals surface area contributed by atoms with E-state index < -0.39 is 0 Å². The fraction of sp³-hybridized carbons (Fsp3) is 0.786. The predicted molar refractivity (Wildman–Crippen MR) is 76.0 cm³/mol. The zero-order valence-electron chi connectivity index (χ0n) is 12.3. The third-order valence-corrected chi connectivity index (χ3v) is 3.97. The number of nitrogens with one attached hydrogen (secondary N) is 1. The molecule has 0 saturated carbocycles. The van der Waals surface area contributed by atoms with E-state index in [0.717, 1.165) is 0 Å². The molecule has 1 saturated heterocycles. The second-order valence-electron chi connectivity index (χ2n) is 5.95. The van der Waals surface area contributed by atoms with Gasteiger partial charge in [-0.1, -0.05) is 13.8 Å². The van der Waals surface area contributed by atoms with Crippen molar-refractivity contribution in [1.82, 2.24) is 14.7 Å². The molecule has 4 heteroatoms. The molecule has 0 bridgehead atoms. The molecular formula is C14H26N4. The van der Waals surface area contributed by atoms with Gasteiger partial charge in [0.25, 0.3) is 0 Å². The second-order valence-corrected chi connectivity index (χ2v) is 5.95. The Balaban J connectivity index is 2.05. The van der Waals surface area contributed by atoms with Crippen molar-refractivity contribution >= 4 is 5.69 Å². The summed E-state index contributed by atoms with van der Waals surface area (Å²) in [5.41, 5.74) is 2.40. The van der Waals surface area contributed by atoms with Crippen LogP contribution in [0.4, 0.5) is 5.69 Å². The number of rotatable bonds is 3. The third-order valence-electron chi connectivity index (χ3n) is 3.97. The fourth-order valence-corrected chi connectivity index (χ4v) is 2.68. The highest BCUT2D eigenvalue weighted by molar-refractivity contribution is 5.48. The molecule has 0 radical (unpaired) electrons. The van der Waals surface area contributed by atoms with Crippen LogP contribution in [0.15, 0.2) is 6.20 Å². The highest BCUT2D eigenvalue weighted by Gasteiger charge is 2.24. The molecular weight excluding hydrogens is 224 g/mol. The minimum Gasteiger partial charge on any atom is -0.379 e. The van der Waals surface area contributed by atoms with E-state index >= 15 is 0 Å². The van der Waals surface area contributed by atoms with Crippen LogP contribution in [0.25, 0.3) is 0 Å². The minimum absolute atomic E-state index is 0.470. The SMILES string of the molecule is CC(C)c1nn(C)cc1NC1CCN(C)C(C)C1. The van der Waals surface area contributed by atoms with E-state index in [1.807, 2.05) is 11.7 Å². The molecule has 0 aliphatic carbocycles. The molecule has 18 heavy (non-hydrogen) atoms. The lowest BCUT2D eigenvalue weighted by Crippen LogP contribution is -2.42. The first-order valence-corrected chi connectivity index (χ1v) is 6.97. The summed E-state index contributed by atoms with van der Waals surface area (Å²) in [5, 5.41) is 8.25. The number of hydrogen-bond donors (Lipinski definition) is 1. The van der Waals surface area contributed by atoms with Gasteiger partial charge in [0.15, 0.2) is 0 Å². The molecule has 1 aliphatic rings. The van der Waals surface area contributed by atoms with Crippen LogP contribution in [0, 0.1) is 0 Å². The van der Waals surface area contributed by atoms with Crippen LogP contribution in [0.5, 0.6) is 0 Å². The first kappa shape index (κ1) is 13.4. The topological polar surface area (TPSA) is 33.1 Å². The molecule has 1 aliphatic heterocycles. The largest absolute Gasteiger partial charge is 0.379 e. The maximum Gasteiger partial charge on any atom is 0.0881 e. The highest BCUT2D eigenvalue weighted by Crippen LogP contribution is 2.25. The van der Waals surface area contributed by atoms with Crippen molar-refractivity contribution in [3.05, 3.63) is 11.9 Å². The average molecular weight is 250 g/mol. The Morgan fingerprint density at radius 3 is 2.72 bits per heavy atom. The minimum atomic E-state index is 0.470. The van der Waals surface area contributed by atoms with Crippen molar-refractivity contribution in [2.24, 2.45) is 7.05 Å². The lowest BCUT2D eigenvalue weighted by molar-refractivity contribution is 0.190. The monoisotopic (exact) mass is 250 g/mol. The van der Waals surface area contributed by atoms with E-state index in [4.69, 9.17) is 0 Å². The lowest BCUT2D eigenvalue weighted by atomic mass is 9.98. The normalized spacial score (nSPS) is 25.7. The maximum absolute atomic E-state index is 4.55. The molecule has 1 N–H and O–H groups in total. The summed E-state index contributed by atoms with van der Waals surface area (Å²) < 4.78 is 1.91. The Bertz CT molecular complexity index is 396. The first-order chi connectivity index (χ1) is 8.47. The van der Waals surface area contributed by atoms with E-state index in [0.29, 0.717) is 18.0 Å². The first-order valence-electron chi connectivity index (χ1n) is 6.97. The summed E-state index contributed by atoms with van der Waals surface area (Å²) in [6.07, 6.45) is 4.54. The molecule has 102 valence electrons. The Hall–Kier alpha value is -1.03. The summed E-state index contributed by atoms with van der Waals surface area (Å²) in [4.78, 5) is 2.44. The van der Waals surface area contributed by atoms with Gasteiger partial charge in [0, 0.05) is 31.9 Å². The number of likely N-dealkylation sites (tertiary alicyclic amines) is 1. The molecule has 4 nitrogen and oxygen atoms in total. The van der Waals surface area contributed by atoms with E-state index in [-0.39, 0.29) is 0 Å². The van der Waals surface area contributed by atoms with Crippen LogP contribution in [0.1, 0.15) is 45.2 Å². The van der Waals surface area contributed by atoms with E-state index in [1.165, 1.54) is 30.8 Å². The van der Waals surface area contributed by atoms with Gasteiger partial charge in [0.05, 0.1) is 11.4 Å². The zero-order valence-corrected chi connectivity index (χ0v) is 12.3. The second kappa shape index (κ2) is 5.31. The van der Waals surface area contributed by atoms with Gasteiger partial charge in [-0.3, -0.25) is 4.68 Å². The summed E-state index contributed by atoms with van der Waals surface area (Å²) in [6.45, 7) is 7.88. The van der Waals surface area contributed by atoms with Gasteiger partial charge in [-0.25, -0.2) is 0 Å². The van der Waals surface area contributed by atoms with E-state index in [2.05, 4.69) is 49.3 Å². The molecule has 1 fully saturated rings. The summed E-state index contributed by atoms with van der Waals surface area (Å²) >= 11 is 0. The molecule has 1 aromatic heterocycles. The Morgan fingerprint density at radius 1 is 1.39 bits per heavy atom. The number of aryl methyl sites for hydroxylation is 1. The average Bonchev–Trinajstić information content (AvgIpc) is 2.65. The van der Waals surface area contributed by atoms with Gasteiger partial charge in [0.1, 0.15) is 0 Å². The molecule has 1 aromatic rings. The number of nitrogens with zero attached hydrogens (tertiary/aromatic N) is 3. The standard InChI is InChI=1S/C14H26N4/c1-10(2)14-13(9-18(5)16-14)15-12-6-7-17(4)11(3)8-12/h9-12,15H,6-8H2,1-5H3. The van der Waals surface area contributed by atoms with Crippen LogP contribution in [-0.2, 0) is 7.05 Å². The summed E-state index contributed by atoms with van der Waals surface area (Å²) in [6, 6.07) is 1.24. The number of aromatic nitrogens is 2. The molecule has 2 rings (SSSR count). The van der Waals surface area contributed by atoms with Crippen LogP contribution >= 0.6 is 0 Å². The van der Waals surface area contributed by atoms with Crippen LogP contribution in [0.2, 0.25) is 0 Å². The van der Waals surface area contributed by atoms with Crippen LogP contribution in [0.3, 0.4) is 0 Å². The van der Waals surface area contributed by atoms with Crippen LogP contribution < -0.4 is 5.32 Å². The van der Waals surface area contributed by atoms with Gasteiger partial charge >= 0.3 is 0 Å². The van der Waals surface area contributed by atoms with Crippen molar-refractivity contribution in [2.75, 3.05) is 18.9 Å². The quantitative estimate of drug-likeness (QED) is 0.894. The number of hydrogen-bond acceptors (Lipinski definition) is 3. The lowest BCUT2D eigenvalue weighted by Gasteiger charge is -2.35. The van der Waals surface area contributed by atoms with Gasteiger partial charge in [-0.05, 0) is 32.7 Å². The summed E-state index contributed by atoms with van der Waals surface area (Å²) in [7, 11) is 4.21. The molecule has 0 aromatic carbocycles. The molecule has 2 unspecified atom stereocenters. The van der Waals surface area contributed by atoms with Gasteiger partial charge in [-0.15, -0.1) is 0 Å². The Labute approximate surface area is 110 Å². The van der Waals surface area contributed by atoms with Gasteiger partial charge in [-0.2, -0.15) is 5.10 Å². The third kappa shape index (κ3) is 2.86. The van der Waals surface area contributed by atoms with E-state index in [1.54, 1.807) is 0 Å². The van der Waals surface area contributed by atoms with Gasteiger partial charge < -0.3 is 10.2 Å². The fourth-order valence-electron chi connectivity index (χ4n) is 2.68. The molecule has 0 spiro atoms. The van der Waals surface area contributed by atoms with Crippen molar-refractivity contribution in [2.45, 2.75) is 51.6 Å².